The highest BCUT2D eigenvalue weighted by atomic mass is 16.1. The van der Waals surface area contributed by atoms with E-state index in [1.54, 1.807) is 36.1 Å². The minimum Gasteiger partial charge on any atom is -0.373 e. The van der Waals surface area contributed by atoms with Crippen LogP contribution in [-0.2, 0) is 6.54 Å². The largest absolute Gasteiger partial charge is 0.373 e. The zero-order chi connectivity index (χ0) is 13.0. The molecule has 0 spiro atoms. The highest BCUT2D eigenvalue weighted by Gasteiger charge is 2.08. The normalized spacial score (nSPS) is 10.1. The number of aromatic nitrogens is 3. The van der Waals surface area contributed by atoms with E-state index in [1.165, 1.54) is 0 Å². The Morgan fingerprint density at radius 3 is 2.89 bits per heavy atom. The number of aryl methyl sites for hydroxylation is 1. The van der Waals surface area contributed by atoms with Crippen LogP contribution in [0.4, 0.5) is 11.6 Å². The SMILES string of the molecule is CCn1ccc(NC(=O)c2ccnc(NC)c2)n1. The monoisotopic (exact) mass is 245 g/mol. The summed E-state index contributed by atoms with van der Waals surface area (Å²) in [7, 11) is 1.76. The number of rotatable bonds is 4. The zero-order valence-corrected chi connectivity index (χ0v) is 10.3. The van der Waals surface area contributed by atoms with E-state index in [9.17, 15) is 4.79 Å². The average molecular weight is 245 g/mol. The molecule has 2 aromatic rings. The molecule has 2 heterocycles. The fraction of sp³-hybridized carbons (Fsp3) is 0.250. The van der Waals surface area contributed by atoms with Crippen LogP contribution in [0.5, 0.6) is 0 Å². The van der Waals surface area contributed by atoms with E-state index in [2.05, 4.69) is 20.7 Å². The topological polar surface area (TPSA) is 71.8 Å². The van der Waals surface area contributed by atoms with Crippen molar-refractivity contribution >= 4 is 17.5 Å². The number of hydrogen-bond donors (Lipinski definition) is 2. The van der Waals surface area contributed by atoms with Crippen LogP contribution in [0.15, 0.2) is 30.6 Å². The summed E-state index contributed by atoms with van der Waals surface area (Å²) < 4.78 is 1.75. The Bertz CT molecular complexity index is 549. The third-order valence-corrected chi connectivity index (χ3v) is 2.48. The molecule has 0 aliphatic carbocycles. The summed E-state index contributed by atoms with van der Waals surface area (Å²) in [6, 6.07) is 5.11. The van der Waals surface area contributed by atoms with Gasteiger partial charge in [0.1, 0.15) is 5.82 Å². The van der Waals surface area contributed by atoms with Gasteiger partial charge in [-0.25, -0.2) is 4.98 Å². The van der Waals surface area contributed by atoms with Crippen LogP contribution in [0.25, 0.3) is 0 Å². The Hall–Kier alpha value is -2.37. The van der Waals surface area contributed by atoms with Crippen LogP contribution in [0.3, 0.4) is 0 Å². The summed E-state index contributed by atoms with van der Waals surface area (Å²) >= 11 is 0. The van der Waals surface area contributed by atoms with E-state index in [0.29, 0.717) is 17.2 Å². The number of carbonyl (C=O) groups is 1. The Morgan fingerprint density at radius 1 is 1.39 bits per heavy atom. The molecule has 0 atom stereocenters. The lowest BCUT2D eigenvalue weighted by Crippen LogP contribution is -2.13. The van der Waals surface area contributed by atoms with E-state index >= 15 is 0 Å². The first kappa shape index (κ1) is 12.1. The molecule has 0 aliphatic heterocycles. The first-order valence-corrected chi connectivity index (χ1v) is 5.71. The molecule has 18 heavy (non-hydrogen) atoms. The second-order valence-corrected chi connectivity index (χ2v) is 3.69. The third kappa shape index (κ3) is 2.65. The first-order valence-electron chi connectivity index (χ1n) is 5.71. The maximum atomic E-state index is 12.0. The molecular weight excluding hydrogens is 230 g/mol. The van der Waals surface area contributed by atoms with Gasteiger partial charge in [-0.15, -0.1) is 0 Å². The minimum atomic E-state index is -0.199. The van der Waals surface area contributed by atoms with Crippen molar-refractivity contribution in [2.45, 2.75) is 13.5 Å². The molecule has 6 nitrogen and oxygen atoms in total. The van der Waals surface area contributed by atoms with Gasteiger partial charge >= 0.3 is 0 Å². The molecule has 0 saturated heterocycles. The van der Waals surface area contributed by atoms with Crippen LogP contribution in [0.2, 0.25) is 0 Å². The van der Waals surface area contributed by atoms with Crippen LogP contribution < -0.4 is 10.6 Å². The number of nitrogens with one attached hydrogen (secondary N) is 2. The maximum absolute atomic E-state index is 12.0. The molecule has 0 bridgehead atoms. The third-order valence-electron chi connectivity index (χ3n) is 2.48. The first-order chi connectivity index (χ1) is 8.72. The molecule has 1 amide bonds. The molecule has 0 aromatic carbocycles. The van der Waals surface area contributed by atoms with Gasteiger partial charge in [-0.2, -0.15) is 5.10 Å². The van der Waals surface area contributed by atoms with Crippen molar-refractivity contribution in [1.29, 1.82) is 0 Å². The smallest absolute Gasteiger partial charge is 0.257 e. The van der Waals surface area contributed by atoms with Crippen LogP contribution in [0, 0.1) is 0 Å². The van der Waals surface area contributed by atoms with E-state index in [-0.39, 0.29) is 5.91 Å². The molecule has 6 heteroatoms. The molecule has 0 unspecified atom stereocenters. The van der Waals surface area contributed by atoms with Crippen LogP contribution >= 0.6 is 0 Å². The summed E-state index contributed by atoms with van der Waals surface area (Å²) in [5.74, 6) is 1.00. The van der Waals surface area contributed by atoms with Gasteiger partial charge in [0.05, 0.1) is 0 Å². The van der Waals surface area contributed by atoms with Crippen LogP contribution in [-0.4, -0.2) is 27.7 Å². The molecule has 0 radical (unpaired) electrons. The van der Waals surface area contributed by atoms with E-state index in [4.69, 9.17) is 0 Å². The number of anilines is 2. The molecule has 94 valence electrons. The molecule has 0 saturated carbocycles. The molecular formula is C12H15N5O. The summed E-state index contributed by atoms with van der Waals surface area (Å²) in [4.78, 5) is 16.0. The van der Waals surface area contributed by atoms with Crippen molar-refractivity contribution < 1.29 is 4.79 Å². The van der Waals surface area contributed by atoms with Crippen molar-refractivity contribution in [2.24, 2.45) is 0 Å². The standard InChI is InChI=1S/C12H15N5O/c1-3-17-7-5-10(16-17)15-12(18)9-4-6-14-11(8-9)13-2/h4-8H,3H2,1-2H3,(H,13,14)(H,15,16,18). The highest BCUT2D eigenvalue weighted by Crippen LogP contribution is 2.09. The quantitative estimate of drug-likeness (QED) is 0.858. The molecule has 2 N–H and O–H groups in total. The summed E-state index contributed by atoms with van der Waals surface area (Å²) in [5, 5.41) is 9.82. The van der Waals surface area contributed by atoms with Crippen molar-refractivity contribution in [3.05, 3.63) is 36.2 Å². The van der Waals surface area contributed by atoms with Crippen molar-refractivity contribution in [3.63, 3.8) is 0 Å². The lowest BCUT2D eigenvalue weighted by molar-refractivity contribution is 0.102. The Kier molecular flexibility index (Phi) is 3.57. The van der Waals surface area contributed by atoms with Gasteiger partial charge in [0.2, 0.25) is 0 Å². The summed E-state index contributed by atoms with van der Waals surface area (Å²) in [6.45, 7) is 2.76. The molecule has 2 rings (SSSR count). The number of carbonyl (C=O) groups excluding carboxylic acids is 1. The lowest BCUT2D eigenvalue weighted by atomic mass is 10.2. The van der Waals surface area contributed by atoms with Gasteiger partial charge < -0.3 is 10.6 Å². The summed E-state index contributed by atoms with van der Waals surface area (Å²) in [5.41, 5.74) is 0.542. The summed E-state index contributed by atoms with van der Waals surface area (Å²) in [6.07, 6.45) is 3.41. The van der Waals surface area contributed by atoms with Crippen LogP contribution in [0.1, 0.15) is 17.3 Å². The fourth-order valence-corrected chi connectivity index (χ4v) is 1.50. The highest BCUT2D eigenvalue weighted by molar-refractivity contribution is 6.04. The molecule has 2 aromatic heterocycles. The van der Waals surface area contributed by atoms with E-state index in [1.807, 2.05) is 13.1 Å². The van der Waals surface area contributed by atoms with Gasteiger partial charge in [-0.3, -0.25) is 9.48 Å². The number of pyridine rings is 1. The van der Waals surface area contributed by atoms with Gasteiger partial charge in [-0.05, 0) is 19.1 Å². The maximum Gasteiger partial charge on any atom is 0.257 e. The van der Waals surface area contributed by atoms with E-state index in [0.717, 1.165) is 6.54 Å². The molecule has 0 fully saturated rings. The van der Waals surface area contributed by atoms with Gasteiger partial charge in [-0.1, -0.05) is 0 Å². The lowest BCUT2D eigenvalue weighted by Gasteiger charge is -2.04. The number of hydrogen-bond acceptors (Lipinski definition) is 4. The Balaban J connectivity index is 2.11. The fourth-order valence-electron chi connectivity index (χ4n) is 1.50. The van der Waals surface area contributed by atoms with E-state index < -0.39 is 0 Å². The second-order valence-electron chi connectivity index (χ2n) is 3.69. The van der Waals surface area contributed by atoms with Crippen molar-refractivity contribution in [3.8, 4) is 0 Å². The number of amides is 1. The zero-order valence-electron chi connectivity index (χ0n) is 10.3. The average Bonchev–Trinajstić information content (AvgIpc) is 2.86. The predicted molar refractivity (Wildman–Crippen MR) is 69.6 cm³/mol. The predicted octanol–water partition coefficient (Wildman–Crippen LogP) is 1.59. The van der Waals surface area contributed by atoms with Crippen molar-refractivity contribution in [2.75, 3.05) is 17.7 Å². The Labute approximate surface area is 105 Å². The van der Waals surface area contributed by atoms with Gasteiger partial charge in [0.25, 0.3) is 5.91 Å². The molecule has 0 aliphatic rings. The van der Waals surface area contributed by atoms with Gasteiger partial charge in [0.15, 0.2) is 5.82 Å². The minimum absolute atomic E-state index is 0.199. The van der Waals surface area contributed by atoms with Crippen molar-refractivity contribution in [1.82, 2.24) is 14.8 Å². The Morgan fingerprint density at radius 2 is 2.22 bits per heavy atom. The van der Waals surface area contributed by atoms with Gasteiger partial charge in [0, 0.05) is 37.6 Å². The number of nitrogens with zero attached hydrogens (tertiary/aromatic N) is 3. The second kappa shape index (κ2) is 5.31.